The fourth-order valence-electron chi connectivity index (χ4n) is 0.945. The van der Waals surface area contributed by atoms with Gasteiger partial charge in [0.05, 0.1) is 0 Å². The standard InChI is InChI=1S/C8H14.C4H8O4S.C3H3.Li/c1-5-6-8(4)7(2)3;1-3-4(2)8-9(5,6)7-3;1-3-2;/h7-8H,1-4H3;3-4H,1-2H3;1H3;/q;;-1;+1/t8-;;;/m0.../s1. The molecule has 0 aliphatic carbocycles. The molecule has 1 rings (SSSR count). The van der Waals surface area contributed by atoms with Crippen LogP contribution in [0.15, 0.2) is 0 Å². The van der Waals surface area contributed by atoms with E-state index >= 15 is 0 Å². The van der Waals surface area contributed by atoms with Gasteiger partial charge in [-0.25, -0.2) is 8.37 Å². The molecule has 116 valence electrons. The number of hydrogen-bond acceptors (Lipinski definition) is 4. The van der Waals surface area contributed by atoms with Crippen molar-refractivity contribution in [2.24, 2.45) is 11.8 Å². The van der Waals surface area contributed by atoms with Gasteiger partial charge in [0.1, 0.15) is 12.2 Å². The quantitative estimate of drug-likeness (QED) is 0.387. The summed E-state index contributed by atoms with van der Waals surface area (Å²) in [5.41, 5.74) is 0. The normalized spacial score (nSPS) is 22.8. The number of hydrogen-bond donors (Lipinski definition) is 0. The third-order valence-electron chi connectivity index (χ3n) is 2.57. The molecule has 3 atom stereocenters. The molecule has 1 aliphatic heterocycles. The molecule has 0 N–H and O–H groups in total. The van der Waals surface area contributed by atoms with Gasteiger partial charge in [0.15, 0.2) is 0 Å². The molecule has 0 amide bonds. The molecule has 1 fully saturated rings. The Kier molecular flexibility index (Phi) is 16.1. The predicted octanol–water partition coefficient (Wildman–Crippen LogP) is -0.0431. The molecular weight excluding hydrogens is 283 g/mol. The molecule has 1 aliphatic rings. The summed E-state index contributed by atoms with van der Waals surface area (Å²) in [5, 5.41) is 0. The van der Waals surface area contributed by atoms with Crippen LogP contribution in [0, 0.1) is 36.0 Å². The first kappa shape index (κ1) is 25.5. The van der Waals surface area contributed by atoms with Gasteiger partial charge < -0.3 is 12.3 Å². The van der Waals surface area contributed by atoms with Crippen molar-refractivity contribution in [3.8, 4) is 17.8 Å². The Morgan fingerprint density at radius 1 is 1.05 bits per heavy atom. The molecule has 2 unspecified atom stereocenters. The summed E-state index contributed by atoms with van der Waals surface area (Å²) in [7, 11) is -3.64. The molecule has 6 heteroatoms. The fraction of sp³-hybridized carbons (Fsp3) is 0.733. The third-order valence-corrected chi connectivity index (χ3v) is 3.65. The van der Waals surface area contributed by atoms with Gasteiger partial charge in [0.2, 0.25) is 0 Å². The van der Waals surface area contributed by atoms with Gasteiger partial charge in [0, 0.05) is 5.92 Å². The van der Waals surface area contributed by atoms with Crippen molar-refractivity contribution in [1.82, 2.24) is 0 Å². The molecule has 0 aromatic rings. The summed E-state index contributed by atoms with van der Waals surface area (Å²) < 4.78 is 29.6. The average Bonchev–Trinajstić information content (AvgIpc) is 2.52. The zero-order chi connectivity index (χ0) is 16.3. The Labute approximate surface area is 142 Å². The topological polar surface area (TPSA) is 52.6 Å². The smallest absolute Gasteiger partial charge is 0.694 e. The number of rotatable bonds is 1. The molecule has 0 aromatic heterocycles. The van der Waals surface area contributed by atoms with Crippen molar-refractivity contribution in [3.05, 3.63) is 6.42 Å². The van der Waals surface area contributed by atoms with E-state index < -0.39 is 10.4 Å². The minimum atomic E-state index is -3.64. The van der Waals surface area contributed by atoms with Crippen LogP contribution in [-0.4, -0.2) is 20.6 Å². The largest absolute Gasteiger partial charge is 1.00 e. The summed E-state index contributed by atoms with van der Waals surface area (Å²) in [6, 6.07) is 0. The third kappa shape index (κ3) is 14.3. The molecule has 0 radical (unpaired) electrons. The fourth-order valence-corrected chi connectivity index (χ4v) is 2.05. The van der Waals surface area contributed by atoms with Gasteiger partial charge in [-0.05, 0) is 33.6 Å². The van der Waals surface area contributed by atoms with Crippen molar-refractivity contribution in [1.29, 1.82) is 0 Å². The Morgan fingerprint density at radius 2 is 1.38 bits per heavy atom. The van der Waals surface area contributed by atoms with E-state index in [0.717, 1.165) is 0 Å². The summed E-state index contributed by atoms with van der Waals surface area (Å²) in [5.74, 6) is 9.25. The second-order valence-electron chi connectivity index (χ2n) is 4.69. The first-order valence-electron chi connectivity index (χ1n) is 6.48. The van der Waals surface area contributed by atoms with E-state index in [-0.39, 0.29) is 31.1 Å². The van der Waals surface area contributed by atoms with Crippen LogP contribution in [-0.2, 0) is 18.8 Å². The zero-order valence-corrected chi connectivity index (χ0v) is 15.2. The summed E-state index contributed by atoms with van der Waals surface area (Å²) >= 11 is 0. The van der Waals surface area contributed by atoms with Gasteiger partial charge in [-0.2, -0.15) is 8.42 Å². The zero-order valence-electron chi connectivity index (χ0n) is 14.4. The molecule has 21 heavy (non-hydrogen) atoms. The second-order valence-corrected chi connectivity index (χ2v) is 5.89. The molecule has 1 heterocycles. The van der Waals surface area contributed by atoms with Crippen LogP contribution >= 0.6 is 0 Å². The molecule has 0 bridgehead atoms. The van der Waals surface area contributed by atoms with E-state index in [9.17, 15) is 8.42 Å². The summed E-state index contributed by atoms with van der Waals surface area (Å²) in [4.78, 5) is 0. The molecule has 0 aromatic carbocycles. The van der Waals surface area contributed by atoms with Crippen molar-refractivity contribution >= 4 is 10.4 Å². The van der Waals surface area contributed by atoms with E-state index in [1.54, 1.807) is 20.8 Å². The van der Waals surface area contributed by atoms with Gasteiger partial charge in [-0.15, -0.1) is 11.8 Å². The minimum Gasteiger partial charge on any atom is -0.694 e. The van der Waals surface area contributed by atoms with Crippen molar-refractivity contribution in [2.45, 2.75) is 60.7 Å². The second kappa shape index (κ2) is 13.3. The maximum atomic E-state index is 10.4. The Balaban J connectivity index is -0.000000252. The Hall–Kier alpha value is -0.413. The molecule has 0 saturated carbocycles. The monoisotopic (exact) mass is 308 g/mol. The van der Waals surface area contributed by atoms with Gasteiger partial charge in [-0.3, -0.25) is 0 Å². The molecule has 1 saturated heterocycles. The van der Waals surface area contributed by atoms with Crippen LogP contribution in [0.2, 0.25) is 0 Å². The van der Waals surface area contributed by atoms with Crippen LogP contribution < -0.4 is 18.9 Å². The van der Waals surface area contributed by atoms with E-state index in [1.165, 1.54) is 0 Å². The predicted molar refractivity (Wildman–Crippen MR) is 80.3 cm³/mol. The van der Waals surface area contributed by atoms with Crippen LogP contribution in [0.4, 0.5) is 0 Å². The summed E-state index contributed by atoms with van der Waals surface area (Å²) in [6.45, 7) is 13.3. The Morgan fingerprint density at radius 3 is 1.48 bits per heavy atom. The van der Waals surface area contributed by atoms with Crippen molar-refractivity contribution in [3.63, 3.8) is 0 Å². The average molecular weight is 308 g/mol. The molecular formula is C15H25LiO4S. The maximum Gasteiger partial charge on any atom is 1.00 e. The SMILES string of the molecule is CC#C[C@H](C)C(C)C.CC1OS(=O)(=O)OC1C.[C-]#CC.[Li+]. The van der Waals surface area contributed by atoms with Gasteiger partial charge in [-0.1, -0.05) is 20.8 Å². The van der Waals surface area contributed by atoms with E-state index in [0.29, 0.717) is 11.8 Å². The first-order chi connectivity index (χ1) is 9.11. The van der Waals surface area contributed by atoms with Crippen molar-refractivity contribution < 1.29 is 35.6 Å². The van der Waals surface area contributed by atoms with Gasteiger partial charge >= 0.3 is 29.3 Å². The van der Waals surface area contributed by atoms with Crippen LogP contribution in [0.1, 0.15) is 48.5 Å². The van der Waals surface area contributed by atoms with Crippen LogP contribution in [0.5, 0.6) is 0 Å². The van der Waals surface area contributed by atoms with Crippen molar-refractivity contribution in [2.75, 3.05) is 0 Å². The van der Waals surface area contributed by atoms with Gasteiger partial charge in [0.25, 0.3) is 0 Å². The Bertz CT molecular complexity index is 438. The molecule has 4 nitrogen and oxygen atoms in total. The molecule has 0 spiro atoms. The minimum absolute atomic E-state index is 0. The maximum absolute atomic E-state index is 10.4. The summed E-state index contributed by atoms with van der Waals surface area (Å²) in [6.07, 6.45) is 5.25. The van der Waals surface area contributed by atoms with E-state index in [2.05, 4.69) is 41.0 Å². The van der Waals surface area contributed by atoms with E-state index in [1.807, 2.05) is 12.8 Å². The van der Waals surface area contributed by atoms with Crippen LogP contribution in [0.3, 0.4) is 0 Å². The van der Waals surface area contributed by atoms with E-state index in [4.69, 9.17) is 6.42 Å². The van der Waals surface area contributed by atoms with Crippen LogP contribution in [0.25, 0.3) is 0 Å². The first-order valence-corrected chi connectivity index (χ1v) is 7.81.